The third-order valence-electron chi connectivity index (χ3n) is 11.6. The summed E-state index contributed by atoms with van der Waals surface area (Å²) >= 11 is 0. The van der Waals surface area contributed by atoms with Crippen LogP contribution in [-0.2, 0) is 14.3 Å². The molecule has 0 aromatic rings. The van der Waals surface area contributed by atoms with Gasteiger partial charge in [-0.2, -0.15) is 0 Å². The molecule has 3 N–H and O–H groups in total. The molecule has 0 spiro atoms. The highest BCUT2D eigenvalue weighted by atomic mass is 16.5. The maximum Gasteiger partial charge on any atom is 0.306 e. The first kappa shape index (κ1) is 59.3. The highest BCUT2D eigenvalue weighted by molar-refractivity contribution is 5.77. The number of amides is 1. The summed E-state index contributed by atoms with van der Waals surface area (Å²) in [4.78, 5) is 26.1. The highest BCUT2D eigenvalue weighted by Gasteiger charge is 2.23. The molecule has 0 aromatic carbocycles. The van der Waals surface area contributed by atoms with Gasteiger partial charge >= 0.3 is 5.97 Å². The summed E-state index contributed by atoms with van der Waals surface area (Å²) < 4.78 is 5.84. The number of esters is 1. The van der Waals surface area contributed by atoms with Crippen molar-refractivity contribution in [1.29, 1.82) is 0 Å². The molecule has 0 rings (SSSR count). The van der Waals surface area contributed by atoms with E-state index in [1.807, 2.05) is 54.7 Å². The molecule has 3 atom stereocenters. The summed E-state index contributed by atoms with van der Waals surface area (Å²) in [7, 11) is 0. The number of aliphatic hydroxyl groups is 2. The Labute approximate surface area is 383 Å². The Morgan fingerprint density at radius 2 is 0.903 bits per heavy atom. The van der Waals surface area contributed by atoms with Gasteiger partial charge < -0.3 is 20.3 Å². The predicted octanol–water partition coefficient (Wildman–Crippen LogP) is 15.8. The molecular formula is C56H99NO5. The van der Waals surface area contributed by atoms with Crippen LogP contribution in [0.4, 0.5) is 0 Å². The topological polar surface area (TPSA) is 95.9 Å². The van der Waals surface area contributed by atoms with Gasteiger partial charge in [-0.05, 0) is 44.9 Å². The van der Waals surface area contributed by atoms with Crippen molar-refractivity contribution in [2.75, 3.05) is 6.61 Å². The van der Waals surface area contributed by atoms with Crippen LogP contribution in [0.2, 0.25) is 0 Å². The van der Waals surface area contributed by atoms with Gasteiger partial charge in [-0.3, -0.25) is 9.59 Å². The van der Waals surface area contributed by atoms with Crippen LogP contribution < -0.4 is 5.32 Å². The summed E-state index contributed by atoms with van der Waals surface area (Å²) in [5.41, 5.74) is 0. The van der Waals surface area contributed by atoms with Crippen LogP contribution in [0.15, 0.2) is 72.9 Å². The van der Waals surface area contributed by atoms with E-state index in [1.54, 1.807) is 0 Å². The van der Waals surface area contributed by atoms with Crippen LogP contribution in [0.25, 0.3) is 0 Å². The summed E-state index contributed by atoms with van der Waals surface area (Å²) in [6, 6.07) is -0.743. The van der Waals surface area contributed by atoms with Crippen LogP contribution in [0.5, 0.6) is 0 Å². The van der Waals surface area contributed by atoms with Gasteiger partial charge in [0, 0.05) is 12.8 Å². The first-order chi connectivity index (χ1) is 30.5. The van der Waals surface area contributed by atoms with Crippen LogP contribution in [0, 0.1) is 0 Å². The zero-order valence-electron chi connectivity index (χ0n) is 40.7. The van der Waals surface area contributed by atoms with Gasteiger partial charge in [-0.1, -0.05) is 254 Å². The number of carbonyl (C=O) groups excluding carboxylic acids is 2. The first-order valence-corrected chi connectivity index (χ1v) is 26.2. The average Bonchev–Trinajstić information content (AvgIpc) is 3.26. The predicted molar refractivity (Wildman–Crippen MR) is 268 cm³/mol. The van der Waals surface area contributed by atoms with Gasteiger partial charge in [-0.25, -0.2) is 0 Å². The molecule has 0 bridgehead atoms. The lowest BCUT2D eigenvalue weighted by Crippen LogP contribution is -2.46. The lowest BCUT2D eigenvalue weighted by molar-refractivity contribution is -0.150. The number of rotatable bonds is 46. The van der Waals surface area contributed by atoms with Crippen molar-refractivity contribution in [1.82, 2.24) is 5.32 Å². The second-order valence-corrected chi connectivity index (χ2v) is 17.7. The zero-order chi connectivity index (χ0) is 45.2. The number of aliphatic hydroxyl groups excluding tert-OH is 2. The molecule has 0 saturated carbocycles. The van der Waals surface area contributed by atoms with Crippen LogP contribution in [0.3, 0.4) is 0 Å². The minimum Gasteiger partial charge on any atom is -0.461 e. The molecule has 0 heterocycles. The quantitative estimate of drug-likeness (QED) is 0.0245. The van der Waals surface area contributed by atoms with E-state index in [2.05, 4.69) is 44.3 Å². The van der Waals surface area contributed by atoms with E-state index >= 15 is 0 Å². The monoisotopic (exact) mass is 866 g/mol. The number of carbonyl (C=O) groups is 2. The van der Waals surface area contributed by atoms with E-state index in [0.29, 0.717) is 19.3 Å². The fraction of sp³-hybridized carbons (Fsp3) is 0.750. The number of hydrogen-bond acceptors (Lipinski definition) is 5. The minimum absolute atomic E-state index is 0.0233. The van der Waals surface area contributed by atoms with E-state index < -0.39 is 18.2 Å². The fourth-order valence-corrected chi connectivity index (χ4v) is 7.68. The maximum absolute atomic E-state index is 13.2. The molecule has 0 aliphatic carbocycles. The zero-order valence-corrected chi connectivity index (χ0v) is 40.7. The lowest BCUT2D eigenvalue weighted by Gasteiger charge is -2.24. The molecule has 358 valence electrons. The highest BCUT2D eigenvalue weighted by Crippen LogP contribution is 2.16. The largest absolute Gasteiger partial charge is 0.461 e. The standard InChI is InChI=1S/C56H99NO5/c1-4-7-10-13-16-19-22-24-26-27-28-29-31-34-37-40-43-46-49-56(61)62-52(47-44-41-38-35-32-21-18-15-12-9-6-3)50-55(60)57-53(51-58)54(59)48-45-42-39-36-33-30-25-23-20-17-14-11-8-5-2/h9,12,15,18,21,28-29,32,35,38,41,44,52-54,58-59H,4-8,10-11,13-14,16-17,19-20,22-27,30-31,33-34,36-37,39-40,42-43,45-51H2,1-3H3,(H,57,60)/b12-9+,18-15+,29-28+,32-21-,38-35-,44-41+. The molecule has 6 heteroatoms. The van der Waals surface area contributed by atoms with Crippen molar-refractivity contribution in [3.05, 3.63) is 72.9 Å². The molecule has 1 amide bonds. The van der Waals surface area contributed by atoms with E-state index in [9.17, 15) is 19.8 Å². The third-order valence-corrected chi connectivity index (χ3v) is 11.6. The van der Waals surface area contributed by atoms with Crippen LogP contribution in [0.1, 0.15) is 245 Å². The Hall–Kier alpha value is -2.70. The van der Waals surface area contributed by atoms with E-state index in [-0.39, 0.29) is 24.9 Å². The van der Waals surface area contributed by atoms with Crippen molar-refractivity contribution in [2.45, 2.75) is 264 Å². The molecule has 0 aliphatic rings. The van der Waals surface area contributed by atoms with Gasteiger partial charge in [-0.15, -0.1) is 0 Å². The molecule has 0 aromatic heterocycles. The Kier molecular flexibility index (Phi) is 47.2. The fourth-order valence-electron chi connectivity index (χ4n) is 7.68. The van der Waals surface area contributed by atoms with Crippen molar-refractivity contribution >= 4 is 11.9 Å². The molecule has 0 aliphatic heterocycles. The summed E-state index contributed by atoms with van der Waals surface area (Å²) in [6.07, 6.45) is 62.8. The normalized spacial score (nSPS) is 13.8. The lowest BCUT2D eigenvalue weighted by atomic mass is 10.0. The van der Waals surface area contributed by atoms with Crippen LogP contribution in [-0.4, -0.2) is 46.9 Å². The van der Waals surface area contributed by atoms with Crippen molar-refractivity contribution in [2.24, 2.45) is 0 Å². The summed E-state index contributed by atoms with van der Waals surface area (Å²) in [6.45, 7) is 6.30. The van der Waals surface area contributed by atoms with E-state index in [0.717, 1.165) is 57.8 Å². The van der Waals surface area contributed by atoms with Gasteiger partial charge in [0.05, 0.1) is 25.2 Å². The Balaban J connectivity index is 4.61. The molecule has 3 unspecified atom stereocenters. The van der Waals surface area contributed by atoms with Crippen molar-refractivity contribution < 1.29 is 24.5 Å². The number of hydrogen-bond donors (Lipinski definition) is 3. The second kappa shape index (κ2) is 49.3. The number of allylic oxidation sites excluding steroid dienone is 11. The molecule has 0 fully saturated rings. The van der Waals surface area contributed by atoms with Gasteiger partial charge in [0.2, 0.25) is 5.91 Å². The average molecular weight is 866 g/mol. The summed E-state index contributed by atoms with van der Waals surface area (Å²) in [5, 5.41) is 23.7. The van der Waals surface area contributed by atoms with Crippen molar-refractivity contribution in [3.8, 4) is 0 Å². The molecule has 62 heavy (non-hydrogen) atoms. The number of nitrogens with one attached hydrogen (secondary N) is 1. The van der Waals surface area contributed by atoms with Crippen LogP contribution >= 0.6 is 0 Å². The Morgan fingerprint density at radius 3 is 1.35 bits per heavy atom. The van der Waals surface area contributed by atoms with Gasteiger partial charge in [0.1, 0.15) is 6.10 Å². The molecule has 6 nitrogen and oxygen atoms in total. The smallest absolute Gasteiger partial charge is 0.306 e. The third kappa shape index (κ3) is 43.9. The van der Waals surface area contributed by atoms with Crippen molar-refractivity contribution in [3.63, 3.8) is 0 Å². The SMILES string of the molecule is CC/C=C/C=C/C=C\C=C/C=C/CC(CC(=O)NC(CO)C(O)CCCCCCCCCCCCCCCC)OC(=O)CCCCCCC/C=C/CCCCCCCCCCC. The molecular weight excluding hydrogens is 767 g/mol. The summed E-state index contributed by atoms with van der Waals surface area (Å²) in [5.74, 6) is -0.616. The van der Waals surface area contributed by atoms with Gasteiger partial charge in [0.15, 0.2) is 0 Å². The Morgan fingerprint density at radius 1 is 0.500 bits per heavy atom. The molecule has 0 radical (unpaired) electrons. The van der Waals surface area contributed by atoms with E-state index in [4.69, 9.17) is 4.74 Å². The van der Waals surface area contributed by atoms with Gasteiger partial charge in [0.25, 0.3) is 0 Å². The maximum atomic E-state index is 13.2. The second-order valence-electron chi connectivity index (χ2n) is 17.7. The number of unbranched alkanes of at least 4 members (excludes halogenated alkanes) is 27. The minimum atomic E-state index is -0.821. The molecule has 0 saturated heterocycles. The number of ether oxygens (including phenoxy) is 1. The Bertz CT molecular complexity index is 1150. The first-order valence-electron chi connectivity index (χ1n) is 26.2. The van der Waals surface area contributed by atoms with E-state index in [1.165, 1.54) is 141 Å².